The van der Waals surface area contributed by atoms with Gasteiger partial charge in [-0.3, -0.25) is 14.4 Å². The minimum absolute atomic E-state index is 0.0647. The lowest BCUT2D eigenvalue weighted by atomic mass is 10.0. The quantitative estimate of drug-likeness (QED) is 0.0343. The predicted octanol–water partition coefficient (Wildman–Crippen LogP) is 7.64. The van der Waals surface area contributed by atoms with Crippen LogP contribution in [0.2, 0.25) is 0 Å². The van der Waals surface area contributed by atoms with Crippen molar-refractivity contribution in [2.24, 2.45) is 11.8 Å². The highest BCUT2D eigenvalue weighted by Crippen LogP contribution is 2.16. The molecule has 2 atom stereocenters. The van der Waals surface area contributed by atoms with E-state index < -0.39 is 43.1 Å². The third-order valence-corrected chi connectivity index (χ3v) is 8.11. The van der Waals surface area contributed by atoms with Crippen LogP contribution in [-0.4, -0.2) is 59.3 Å². The number of allylic oxidation sites excluding steroid dienone is 2. The van der Waals surface area contributed by atoms with Crippen LogP contribution in [0, 0.1) is 11.8 Å². The van der Waals surface area contributed by atoms with Gasteiger partial charge in [-0.2, -0.15) is 0 Å². The molecule has 9 heteroatoms. The number of aliphatic carboxylic acids is 1. The second kappa shape index (κ2) is 29.9. The molecule has 4 N–H and O–H groups in total. The van der Waals surface area contributed by atoms with E-state index in [4.69, 9.17) is 14.9 Å². The number of aliphatic hydroxyl groups excluding tert-OH is 1. The molecule has 0 aromatic heterocycles. The summed E-state index contributed by atoms with van der Waals surface area (Å²) in [7, 11) is 0. The number of carbonyl (C=O) groups is 4. The lowest BCUT2D eigenvalue weighted by molar-refractivity contribution is -0.150. The van der Waals surface area contributed by atoms with Gasteiger partial charge in [-0.15, -0.1) is 0 Å². The minimum Gasteiger partial charge on any atom is -0.480 e. The van der Waals surface area contributed by atoms with E-state index in [0.29, 0.717) is 12.8 Å². The molecule has 2 unspecified atom stereocenters. The first-order valence-corrected chi connectivity index (χ1v) is 18.3. The van der Waals surface area contributed by atoms with Crippen molar-refractivity contribution in [1.29, 1.82) is 0 Å². The number of amides is 2. The fourth-order valence-corrected chi connectivity index (χ4v) is 5.28. The molecule has 0 saturated carbocycles. The maximum absolute atomic E-state index is 12.6. The molecule has 0 aliphatic heterocycles. The molecule has 0 radical (unpaired) electrons. The average molecular weight is 653 g/mol. The van der Waals surface area contributed by atoms with Crippen LogP contribution in [0.4, 0.5) is 0 Å². The highest BCUT2D eigenvalue weighted by atomic mass is 16.5. The van der Waals surface area contributed by atoms with E-state index in [1.54, 1.807) is 0 Å². The second-order valence-corrected chi connectivity index (χ2v) is 13.6. The van der Waals surface area contributed by atoms with Gasteiger partial charge in [-0.05, 0) is 43.9 Å². The molecule has 46 heavy (non-hydrogen) atoms. The van der Waals surface area contributed by atoms with Crippen LogP contribution in [0.25, 0.3) is 0 Å². The summed E-state index contributed by atoms with van der Waals surface area (Å²) in [6.45, 7) is 7.89. The Balaban J connectivity index is 4.50. The van der Waals surface area contributed by atoms with Gasteiger partial charge in [0.2, 0.25) is 11.8 Å². The van der Waals surface area contributed by atoms with Crippen LogP contribution in [0.15, 0.2) is 12.2 Å². The number of esters is 1. The van der Waals surface area contributed by atoms with Crippen molar-refractivity contribution >= 4 is 23.8 Å². The molecule has 0 aliphatic rings. The van der Waals surface area contributed by atoms with Crippen molar-refractivity contribution in [1.82, 2.24) is 10.6 Å². The second-order valence-electron chi connectivity index (χ2n) is 13.6. The standard InChI is InChI=1S/C37H68N2O7/c1-30(2)23-19-15-11-7-5-9-13-17-21-25-32(27-34(41)38-28-35(42)39-33(29-40)37(44)45)46-36(43)26-22-18-14-10-6-8-12-16-20-24-31(3)4/h14,18,30-33,40H,5-13,15-17,19-29H2,1-4H3,(H,38,41)(H,39,42)(H,44,45). The maximum Gasteiger partial charge on any atom is 0.328 e. The fourth-order valence-electron chi connectivity index (χ4n) is 5.28. The minimum atomic E-state index is -1.43. The van der Waals surface area contributed by atoms with E-state index in [0.717, 1.165) is 43.9 Å². The summed E-state index contributed by atoms with van der Waals surface area (Å²) < 4.78 is 5.70. The number of rotatable bonds is 31. The lowest BCUT2D eigenvalue weighted by Crippen LogP contribution is -2.47. The fraction of sp³-hybridized carbons (Fsp3) is 0.838. The number of ether oxygens (including phenoxy) is 1. The molecular weight excluding hydrogens is 584 g/mol. The summed E-state index contributed by atoms with van der Waals surface area (Å²) in [4.78, 5) is 48.1. The van der Waals surface area contributed by atoms with Crippen molar-refractivity contribution in [3.05, 3.63) is 12.2 Å². The lowest BCUT2D eigenvalue weighted by Gasteiger charge is -2.18. The van der Waals surface area contributed by atoms with Gasteiger partial charge in [0.15, 0.2) is 0 Å². The Bertz CT molecular complexity index is 829. The van der Waals surface area contributed by atoms with Crippen LogP contribution in [0.1, 0.15) is 163 Å². The summed E-state index contributed by atoms with van der Waals surface area (Å²) >= 11 is 0. The number of carboxylic acid groups (broad SMARTS) is 1. The van der Waals surface area contributed by atoms with Gasteiger partial charge in [-0.25, -0.2) is 4.79 Å². The zero-order chi connectivity index (χ0) is 34.4. The van der Waals surface area contributed by atoms with Crippen LogP contribution >= 0.6 is 0 Å². The monoisotopic (exact) mass is 653 g/mol. The molecule has 2 amide bonds. The summed E-state index contributed by atoms with van der Waals surface area (Å²) in [5.74, 6) is -1.31. The van der Waals surface area contributed by atoms with Crippen LogP contribution in [-0.2, 0) is 23.9 Å². The number of hydrogen-bond acceptors (Lipinski definition) is 6. The van der Waals surface area contributed by atoms with E-state index in [-0.39, 0.29) is 18.8 Å². The van der Waals surface area contributed by atoms with Crippen molar-refractivity contribution < 1.29 is 34.1 Å². The maximum atomic E-state index is 12.6. The Kier molecular flexibility index (Phi) is 28.4. The smallest absolute Gasteiger partial charge is 0.328 e. The van der Waals surface area contributed by atoms with Gasteiger partial charge in [0.05, 0.1) is 19.6 Å². The summed E-state index contributed by atoms with van der Waals surface area (Å²) in [5, 5.41) is 22.6. The summed E-state index contributed by atoms with van der Waals surface area (Å²) in [5.41, 5.74) is 0. The Morgan fingerprint density at radius 2 is 1.13 bits per heavy atom. The Morgan fingerprint density at radius 3 is 1.63 bits per heavy atom. The third-order valence-electron chi connectivity index (χ3n) is 8.11. The number of hydrogen-bond donors (Lipinski definition) is 4. The van der Waals surface area contributed by atoms with Gasteiger partial charge < -0.3 is 25.6 Å². The highest BCUT2D eigenvalue weighted by molar-refractivity contribution is 5.88. The first-order valence-electron chi connectivity index (χ1n) is 18.3. The van der Waals surface area contributed by atoms with Crippen LogP contribution in [0.5, 0.6) is 0 Å². The van der Waals surface area contributed by atoms with Gasteiger partial charge >= 0.3 is 11.9 Å². The molecule has 0 saturated heterocycles. The molecule has 0 heterocycles. The van der Waals surface area contributed by atoms with E-state index in [2.05, 4.69) is 44.4 Å². The van der Waals surface area contributed by atoms with Gasteiger partial charge in [0.25, 0.3) is 0 Å². The molecular formula is C37H68N2O7. The topological polar surface area (TPSA) is 142 Å². The summed E-state index contributed by atoms with van der Waals surface area (Å²) in [6, 6.07) is -1.43. The molecule has 9 nitrogen and oxygen atoms in total. The number of carboxylic acids is 1. The predicted molar refractivity (Wildman–Crippen MR) is 185 cm³/mol. The van der Waals surface area contributed by atoms with Gasteiger partial charge in [0, 0.05) is 6.42 Å². The molecule has 0 spiro atoms. The van der Waals surface area contributed by atoms with Crippen molar-refractivity contribution in [2.45, 2.75) is 175 Å². The zero-order valence-electron chi connectivity index (χ0n) is 29.7. The average Bonchev–Trinajstić information content (AvgIpc) is 2.99. The first-order chi connectivity index (χ1) is 22.0. The van der Waals surface area contributed by atoms with Gasteiger partial charge in [0.1, 0.15) is 12.1 Å². The van der Waals surface area contributed by atoms with E-state index in [9.17, 15) is 19.2 Å². The molecule has 0 aromatic carbocycles. The number of aliphatic hydroxyl groups is 1. The molecule has 0 rings (SSSR count). The van der Waals surface area contributed by atoms with E-state index in [1.807, 2.05) is 6.08 Å². The van der Waals surface area contributed by atoms with Crippen molar-refractivity contribution in [3.63, 3.8) is 0 Å². The molecule has 0 aliphatic carbocycles. The Hall–Kier alpha value is -2.42. The van der Waals surface area contributed by atoms with Crippen LogP contribution in [0.3, 0.4) is 0 Å². The number of nitrogens with one attached hydrogen (secondary N) is 2. The number of carbonyl (C=O) groups excluding carboxylic acids is 3. The zero-order valence-corrected chi connectivity index (χ0v) is 29.7. The van der Waals surface area contributed by atoms with E-state index >= 15 is 0 Å². The van der Waals surface area contributed by atoms with E-state index in [1.165, 1.54) is 77.0 Å². The summed E-state index contributed by atoms with van der Waals surface area (Å²) in [6.07, 6.45) is 25.4. The van der Waals surface area contributed by atoms with Crippen molar-refractivity contribution in [3.8, 4) is 0 Å². The number of unbranched alkanes of at least 4 members (excludes halogenated alkanes) is 13. The van der Waals surface area contributed by atoms with Crippen molar-refractivity contribution in [2.75, 3.05) is 13.2 Å². The molecule has 268 valence electrons. The molecule has 0 aromatic rings. The third kappa shape index (κ3) is 29.0. The Morgan fingerprint density at radius 1 is 0.652 bits per heavy atom. The SMILES string of the molecule is CC(C)CCCCCCCC=CCCC(=O)OC(CCCCCCCCCCCC(C)C)CC(=O)NCC(=O)NC(CO)C(=O)O. The highest BCUT2D eigenvalue weighted by Gasteiger charge is 2.21. The Labute approximate surface area is 280 Å². The first kappa shape index (κ1) is 43.6. The normalized spacial score (nSPS) is 12.8. The molecule has 0 bridgehead atoms. The van der Waals surface area contributed by atoms with Crippen LogP contribution < -0.4 is 10.6 Å². The molecule has 0 fully saturated rings. The largest absolute Gasteiger partial charge is 0.480 e. The van der Waals surface area contributed by atoms with Gasteiger partial charge in [-0.1, -0.05) is 130 Å².